The van der Waals surface area contributed by atoms with Gasteiger partial charge in [0.2, 0.25) is 0 Å². The second kappa shape index (κ2) is 3.99. The van der Waals surface area contributed by atoms with Gasteiger partial charge in [0, 0.05) is 6.20 Å². The Morgan fingerprint density at radius 1 is 1.44 bits per heavy atom. The molecule has 0 aliphatic carbocycles. The van der Waals surface area contributed by atoms with E-state index in [1.165, 1.54) is 7.11 Å². The second-order valence-electron chi connectivity index (χ2n) is 3.66. The molecule has 3 rings (SSSR count). The van der Waals surface area contributed by atoms with Gasteiger partial charge in [-0.15, -0.1) is 0 Å². The van der Waals surface area contributed by atoms with E-state index in [9.17, 15) is 4.79 Å². The molecule has 0 N–H and O–H groups in total. The zero-order chi connectivity index (χ0) is 12.5. The minimum atomic E-state index is 0.387. The van der Waals surface area contributed by atoms with Gasteiger partial charge >= 0.3 is 0 Å². The Bertz CT molecular complexity index is 714. The van der Waals surface area contributed by atoms with Crippen LogP contribution in [-0.4, -0.2) is 27.9 Å². The van der Waals surface area contributed by atoms with Crippen LogP contribution in [0.3, 0.4) is 0 Å². The zero-order valence-electron chi connectivity index (χ0n) is 9.53. The van der Waals surface area contributed by atoms with E-state index in [0.29, 0.717) is 28.7 Å². The number of nitrogens with zero attached hydrogens (tertiary/aromatic N) is 3. The van der Waals surface area contributed by atoms with Crippen LogP contribution in [0.25, 0.3) is 17.1 Å². The number of ether oxygens (including phenoxy) is 1. The fourth-order valence-electron chi connectivity index (χ4n) is 1.72. The first kappa shape index (κ1) is 10.5. The number of carbonyl (C=O) groups excluding carboxylic acids is 1. The minimum Gasteiger partial charge on any atom is -0.479 e. The Balaban J connectivity index is 2.15. The molecule has 3 aromatic rings. The third-order valence-electron chi connectivity index (χ3n) is 2.59. The van der Waals surface area contributed by atoms with Crippen molar-refractivity contribution in [1.82, 2.24) is 14.5 Å². The predicted octanol–water partition coefficient (Wildman–Crippen LogP) is 1.81. The summed E-state index contributed by atoms with van der Waals surface area (Å²) in [6.45, 7) is 0. The molecule has 6 nitrogen and oxygen atoms in total. The molecule has 0 saturated carbocycles. The van der Waals surface area contributed by atoms with Crippen LogP contribution in [0, 0.1) is 0 Å². The monoisotopic (exact) mass is 243 g/mol. The number of aldehydes is 1. The lowest BCUT2D eigenvalue weighted by Gasteiger charge is -1.94. The number of hydrogen-bond donors (Lipinski definition) is 0. The van der Waals surface area contributed by atoms with Crippen LogP contribution < -0.4 is 4.74 Å². The molecule has 0 saturated heterocycles. The van der Waals surface area contributed by atoms with E-state index in [-0.39, 0.29) is 0 Å². The molecule has 3 aromatic heterocycles. The number of carbonyl (C=O) groups is 1. The van der Waals surface area contributed by atoms with Gasteiger partial charge in [0.25, 0.3) is 5.88 Å². The Hall–Kier alpha value is -2.63. The Kier molecular flexibility index (Phi) is 2.33. The van der Waals surface area contributed by atoms with Gasteiger partial charge in [0.15, 0.2) is 12.0 Å². The number of imidazole rings is 1. The molecule has 0 aliphatic rings. The van der Waals surface area contributed by atoms with E-state index < -0.39 is 0 Å². The highest BCUT2D eigenvalue weighted by atomic mass is 16.5. The first-order valence-corrected chi connectivity index (χ1v) is 5.26. The smallest absolute Gasteiger partial charge is 0.254 e. The highest BCUT2D eigenvalue weighted by Crippen LogP contribution is 2.23. The van der Waals surface area contributed by atoms with Crippen LogP contribution in [0.1, 0.15) is 10.5 Å². The number of rotatable bonds is 3. The van der Waals surface area contributed by atoms with E-state index in [1.807, 2.05) is 6.07 Å². The van der Waals surface area contributed by atoms with Crippen molar-refractivity contribution in [3.63, 3.8) is 0 Å². The standard InChI is InChI=1S/C12H9N3O3/c1-17-12-5-10(18-14-12)9-6-15-8(7-16)3-2-4-11(15)13-9/h2-7H,1H3. The molecule has 0 aliphatic heterocycles. The third kappa shape index (κ3) is 1.55. The van der Waals surface area contributed by atoms with Crippen LogP contribution in [0.4, 0.5) is 0 Å². The van der Waals surface area contributed by atoms with Crippen molar-refractivity contribution < 1.29 is 14.1 Å². The van der Waals surface area contributed by atoms with Crippen LogP contribution in [0.2, 0.25) is 0 Å². The zero-order valence-corrected chi connectivity index (χ0v) is 9.53. The highest BCUT2D eigenvalue weighted by Gasteiger charge is 2.12. The van der Waals surface area contributed by atoms with Crippen molar-refractivity contribution in [3.05, 3.63) is 36.2 Å². The van der Waals surface area contributed by atoms with Crippen LogP contribution in [-0.2, 0) is 0 Å². The van der Waals surface area contributed by atoms with Crippen molar-refractivity contribution >= 4 is 11.9 Å². The molecule has 0 bridgehead atoms. The van der Waals surface area contributed by atoms with Gasteiger partial charge < -0.3 is 9.26 Å². The number of aromatic nitrogens is 3. The lowest BCUT2D eigenvalue weighted by atomic mass is 10.3. The molecule has 0 spiro atoms. The number of hydrogen-bond acceptors (Lipinski definition) is 5. The maximum Gasteiger partial charge on any atom is 0.254 e. The summed E-state index contributed by atoms with van der Waals surface area (Å²) in [7, 11) is 1.51. The van der Waals surface area contributed by atoms with Gasteiger partial charge in [-0.1, -0.05) is 6.07 Å². The topological polar surface area (TPSA) is 69.6 Å². The van der Waals surface area contributed by atoms with Gasteiger partial charge in [-0.05, 0) is 17.3 Å². The maximum absolute atomic E-state index is 10.9. The van der Waals surface area contributed by atoms with Crippen LogP contribution in [0.5, 0.6) is 5.88 Å². The third-order valence-corrected chi connectivity index (χ3v) is 2.59. The maximum atomic E-state index is 10.9. The van der Waals surface area contributed by atoms with Gasteiger partial charge in [0.1, 0.15) is 11.3 Å². The first-order valence-electron chi connectivity index (χ1n) is 5.26. The van der Waals surface area contributed by atoms with Crippen molar-refractivity contribution in [2.45, 2.75) is 0 Å². The first-order chi connectivity index (χ1) is 8.81. The van der Waals surface area contributed by atoms with Crippen LogP contribution in [0.15, 0.2) is 35.0 Å². The van der Waals surface area contributed by atoms with Gasteiger partial charge in [-0.2, -0.15) is 0 Å². The van der Waals surface area contributed by atoms with E-state index in [1.54, 1.807) is 28.8 Å². The van der Waals surface area contributed by atoms with Gasteiger partial charge in [0.05, 0.1) is 18.9 Å². The SMILES string of the molecule is COc1cc(-c2cn3c(C=O)cccc3n2)on1. The van der Waals surface area contributed by atoms with Crippen molar-refractivity contribution in [3.8, 4) is 17.3 Å². The van der Waals surface area contributed by atoms with Crippen molar-refractivity contribution in [1.29, 1.82) is 0 Å². The summed E-state index contributed by atoms with van der Waals surface area (Å²) in [4.78, 5) is 15.3. The molecule has 0 amide bonds. The molecule has 0 unspecified atom stereocenters. The second-order valence-corrected chi connectivity index (χ2v) is 3.66. The molecule has 3 heterocycles. The van der Waals surface area contributed by atoms with E-state index in [4.69, 9.17) is 9.26 Å². The lowest BCUT2D eigenvalue weighted by molar-refractivity contribution is 0.111. The van der Waals surface area contributed by atoms with Crippen molar-refractivity contribution in [2.75, 3.05) is 7.11 Å². The largest absolute Gasteiger partial charge is 0.479 e. The Morgan fingerprint density at radius 3 is 3.06 bits per heavy atom. The molecule has 0 fully saturated rings. The molecular formula is C12H9N3O3. The molecule has 0 aromatic carbocycles. The van der Waals surface area contributed by atoms with E-state index in [0.717, 1.165) is 6.29 Å². The fourth-order valence-corrected chi connectivity index (χ4v) is 1.72. The minimum absolute atomic E-state index is 0.387. The summed E-state index contributed by atoms with van der Waals surface area (Å²) < 4.78 is 11.7. The molecule has 0 atom stereocenters. The van der Waals surface area contributed by atoms with Crippen molar-refractivity contribution in [2.24, 2.45) is 0 Å². The van der Waals surface area contributed by atoms with E-state index >= 15 is 0 Å². The van der Waals surface area contributed by atoms with Crippen LogP contribution >= 0.6 is 0 Å². The lowest BCUT2D eigenvalue weighted by Crippen LogP contribution is -1.91. The molecule has 0 radical (unpaired) electrons. The molecular weight excluding hydrogens is 234 g/mol. The average Bonchev–Trinajstić information content (AvgIpc) is 3.03. The summed E-state index contributed by atoms with van der Waals surface area (Å²) in [6, 6.07) is 6.94. The quantitative estimate of drug-likeness (QED) is 0.656. The number of fused-ring (bicyclic) bond motifs is 1. The normalized spacial score (nSPS) is 10.7. The highest BCUT2D eigenvalue weighted by molar-refractivity contribution is 5.74. The predicted molar refractivity (Wildman–Crippen MR) is 62.6 cm³/mol. The van der Waals surface area contributed by atoms with Gasteiger partial charge in [-0.25, -0.2) is 4.98 Å². The number of pyridine rings is 1. The summed E-state index contributed by atoms with van der Waals surface area (Å²) in [5, 5.41) is 3.71. The summed E-state index contributed by atoms with van der Waals surface area (Å²) >= 11 is 0. The fraction of sp³-hybridized carbons (Fsp3) is 0.0833. The summed E-state index contributed by atoms with van der Waals surface area (Å²) in [5.41, 5.74) is 1.79. The molecule has 90 valence electrons. The molecule has 18 heavy (non-hydrogen) atoms. The summed E-state index contributed by atoms with van der Waals surface area (Å²) in [5.74, 6) is 0.880. The number of methoxy groups -OCH3 is 1. The average molecular weight is 243 g/mol. The molecule has 6 heteroatoms. The Morgan fingerprint density at radius 2 is 2.33 bits per heavy atom. The van der Waals surface area contributed by atoms with E-state index in [2.05, 4.69) is 10.1 Å². The Labute approximate surface area is 102 Å². The van der Waals surface area contributed by atoms with Gasteiger partial charge in [-0.3, -0.25) is 9.20 Å². The summed E-state index contributed by atoms with van der Waals surface area (Å²) in [6.07, 6.45) is 2.50.